The first kappa shape index (κ1) is 22.4. The highest BCUT2D eigenvalue weighted by Gasteiger charge is 2.06. The van der Waals surface area contributed by atoms with Crippen LogP contribution in [-0.4, -0.2) is 42.6 Å². The Morgan fingerprint density at radius 3 is 2.77 bits per heavy atom. The average Bonchev–Trinajstić information content (AvgIpc) is 3.32. The number of nitrogens with one attached hydrogen (secondary N) is 2. The van der Waals surface area contributed by atoms with Gasteiger partial charge in [0.05, 0.1) is 18.8 Å². The van der Waals surface area contributed by atoms with Gasteiger partial charge in [-0.05, 0) is 49.2 Å². The number of nitrogens with zero attached hydrogens (tertiary/aromatic N) is 3. The van der Waals surface area contributed by atoms with E-state index in [-0.39, 0.29) is 0 Å². The second-order valence-corrected chi connectivity index (χ2v) is 7.12. The van der Waals surface area contributed by atoms with Crippen LogP contribution in [0.25, 0.3) is 5.69 Å². The monoisotopic (exact) mass is 421 g/mol. The van der Waals surface area contributed by atoms with E-state index in [1.807, 2.05) is 29.1 Å². The Hall–Kier alpha value is -3.32. The van der Waals surface area contributed by atoms with Crippen molar-refractivity contribution in [2.75, 3.05) is 26.9 Å². The van der Waals surface area contributed by atoms with E-state index in [2.05, 4.69) is 59.9 Å². The molecule has 0 unspecified atom stereocenters. The summed E-state index contributed by atoms with van der Waals surface area (Å²) in [5.74, 6) is 1.63. The number of guanidine groups is 1. The second kappa shape index (κ2) is 11.8. The first-order valence-corrected chi connectivity index (χ1v) is 10.5. The van der Waals surface area contributed by atoms with Crippen LogP contribution in [0.4, 0.5) is 0 Å². The van der Waals surface area contributed by atoms with Crippen LogP contribution < -0.4 is 15.4 Å². The molecule has 0 saturated heterocycles. The molecule has 1 aromatic heterocycles. The molecule has 0 aliphatic carbocycles. The van der Waals surface area contributed by atoms with E-state index in [4.69, 9.17) is 14.5 Å². The van der Waals surface area contributed by atoms with Crippen molar-refractivity contribution < 1.29 is 9.47 Å². The van der Waals surface area contributed by atoms with Crippen LogP contribution in [0.1, 0.15) is 23.6 Å². The van der Waals surface area contributed by atoms with Gasteiger partial charge in [0.15, 0.2) is 5.96 Å². The van der Waals surface area contributed by atoms with E-state index in [9.17, 15) is 0 Å². The van der Waals surface area contributed by atoms with Gasteiger partial charge in [0.2, 0.25) is 0 Å². The standard InChI is InChI=1S/C24H31N5O2/c1-4-25-24(26-17-20-7-5-8-22(16-20)29-12-6-11-28-29)27-18-21-10-9-19(2)15-23(21)31-14-13-30-3/h5-12,15-16H,4,13-14,17-18H2,1-3H3,(H2,25,26,27). The van der Waals surface area contributed by atoms with Gasteiger partial charge >= 0.3 is 0 Å². The molecule has 7 heteroatoms. The molecule has 7 nitrogen and oxygen atoms in total. The molecular weight excluding hydrogens is 390 g/mol. The lowest BCUT2D eigenvalue weighted by Crippen LogP contribution is -2.36. The van der Waals surface area contributed by atoms with Crippen molar-refractivity contribution in [3.63, 3.8) is 0 Å². The number of aromatic nitrogens is 2. The molecule has 3 aromatic rings. The number of rotatable bonds is 10. The molecule has 2 N–H and O–H groups in total. The zero-order valence-electron chi connectivity index (χ0n) is 18.5. The molecule has 1 heterocycles. The highest BCUT2D eigenvalue weighted by molar-refractivity contribution is 5.79. The quantitative estimate of drug-likeness (QED) is 0.298. The van der Waals surface area contributed by atoms with Gasteiger partial charge in [-0.15, -0.1) is 0 Å². The Morgan fingerprint density at radius 2 is 2.00 bits per heavy atom. The largest absolute Gasteiger partial charge is 0.491 e. The fraction of sp³-hybridized carbons (Fsp3) is 0.333. The van der Waals surface area contributed by atoms with Crippen LogP contribution >= 0.6 is 0 Å². The number of aryl methyl sites for hydroxylation is 1. The Bertz CT molecular complexity index is 970. The zero-order valence-corrected chi connectivity index (χ0v) is 18.5. The van der Waals surface area contributed by atoms with E-state index in [0.29, 0.717) is 26.3 Å². The van der Waals surface area contributed by atoms with Crippen molar-refractivity contribution in [3.8, 4) is 11.4 Å². The predicted octanol–water partition coefficient (Wildman–Crippen LogP) is 3.46. The van der Waals surface area contributed by atoms with Crippen molar-refractivity contribution in [1.82, 2.24) is 20.4 Å². The van der Waals surface area contributed by atoms with Crippen molar-refractivity contribution in [2.24, 2.45) is 4.99 Å². The summed E-state index contributed by atoms with van der Waals surface area (Å²) in [5, 5.41) is 11.0. The summed E-state index contributed by atoms with van der Waals surface area (Å²) in [7, 11) is 1.67. The maximum Gasteiger partial charge on any atom is 0.191 e. The Morgan fingerprint density at radius 1 is 1.10 bits per heavy atom. The number of hydrogen-bond acceptors (Lipinski definition) is 4. The normalized spacial score (nSPS) is 11.4. The molecule has 0 fully saturated rings. The number of ether oxygens (including phenoxy) is 2. The summed E-state index contributed by atoms with van der Waals surface area (Å²) in [6.07, 6.45) is 3.71. The van der Waals surface area contributed by atoms with E-state index in [1.54, 1.807) is 13.3 Å². The number of methoxy groups -OCH3 is 1. The highest BCUT2D eigenvalue weighted by Crippen LogP contribution is 2.20. The van der Waals surface area contributed by atoms with Crippen LogP contribution in [0.2, 0.25) is 0 Å². The van der Waals surface area contributed by atoms with Crippen molar-refractivity contribution in [1.29, 1.82) is 0 Å². The molecule has 0 aliphatic rings. The first-order chi connectivity index (χ1) is 15.2. The smallest absolute Gasteiger partial charge is 0.191 e. The minimum absolute atomic E-state index is 0.522. The average molecular weight is 422 g/mol. The highest BCUT2D eigenvalue weighted by atomic mass is 16.5. The molecule has 0 atom stereocenters. The third-order valence-corrected chi connectivity index (χ3v) is 4.66. The minimum atomic E-state index is 0.522. The summed E-state index contributed by atoms with van der Waals surface area (Å²) >= 11 is 0. The summed E-state index contributed by atoms with van der Waals surface area (Å²) < 4.78 is 12.8. The lowest BCUT2D eigenvalue weighted by Gasteiger charge is -2.15. The lowest BCUT2D eigenvalue weighted by molar-refractivity contribution is 0.145. The van der Waals surface area contributed by atoms with E-state index in [1.165, 1.54) is 0 Å². The van der Waals surface area contributed by atoms with Crippen LogP contribution in [0.3, 0.4) is 0 Å². The third-order valence-electron chi connectivity index (χ3n) is 4.66. The van der Waals surface area contributed by atoms with Crippen molar-refractivity contribution >= 4 is 5.96 Å². The van der Waals surface area contributed by atoms with E-state index < -0.39 is 0 Å². The molecule has 0 bridgehead atoms. The molecular formula is C24H31N5O2. The van der Waals surface area contributed by atoms with E-state index >= 15 is 0 Å². The van der Waals surface area contributed by atoms with Crippen molar-refractivity contribution in [2.45, 2.75) is 26.9 Å². The van der Waals surface area contributed by atoms with Gasteiger partial charge in [-0.2, -0.15) is 5.10 Å². The Kier molecular flexibility index (Phi) is 8.48. The minimum Gasteiger partial charge on any atom is -0.491 e. The van der Waals surface area contributed by atoms with E-state index in [0.717, 1.165) is 40.6 Å². The van der Waals surface area contributed by atoms with Gasteiger partial charge in [0.1, 0.15) is 12.4 Å². The Labute approximate surface area is 184 Å². The molecule has 2 aromatic carbocycles. The summed E-state index contributed by atoms with van der Waals surface area (Å²) in [6, 6.07) is 16.4. The molecule has 0 amide bonds. The third kappa shape index (κ3) is 6.86. The number of hydrogen-bond donors (Lipinski definition) is 2. The SMILES string of the molecule is CCNC(=NCc1cccc(-n2cccn2)c1)NCc1ccc(C)cc1OCCOC. The molecule has 0 spiro atoms. The van der Waals surface area contributed by atoms with Crippen LogP contribution in [0, 0.1) is 6.92 Å². The molecule has 31 heavy (non-hydrogen) atoms. The number of benzene rings is 2. The molecule has 0 aliphatic heterocycles. The van der Waals surface area contributed by atoms with Crippen molar-refractivity contribution in [3.05, 3.63) is 77.6 Å². The van der Waals surface area contributed by atoms with Gasteiger partial charge in [-0.25, -0.2) is 9.67 Å². The number of aliphatic imine (C=N–C) groups is 1. The molecule has 164 valence electrons. The zero-order chi connectivity index (χ0) is 21.9. The summed E-state index contributed by atoms with van der Waals surface area (Å²) in [5.41, 5.74) is 4.37. The fourth-order valence-electron chi connectivity index (χ4n) is 3.09. The summed E-state index contributed by atoms with van der Waals surface area (Å²) in [4.78, 5) is 4.75. The summed E-state index contributed by atoms with van der Waals surface area (Å²) in [6.45, 7) is 7.15. The van der Waals surface area contributed by atoms with Gasteiger partial charge in [-0.1, -0.05) is 24.3 Å². The maximum absolute atomic E-state index is 5.89. The van der Waals surface area contributed by atoms with Gasteiger partial charge in [0.25, 0.3) is 0 Å². The molecule has 3 rings (SSSR count). The van der Waals surface area contributed by atoms with Crippen LogP contribution in [-0.2, 0) is 17.8 Å². The van der Waals surface area contributed by atoms with Gasteiger partial charge in [-0.3, -0.25) is 0 Å². The second-order valence-electron chi connectivity index (χ2n) is 7.12. The van der Waals surface area contributed by atoms with Crippen LogP contribution in [0.5, 0.6) is 5.75 Å². The molecule has 0 saturated carbocycles. The topological polar surface area (TPSA) is 72.7 Å². The lowest BCUT2D eigenvalue weighted by atomic mass is 10.1. The predicted molar refractivity (Wildman–Crippen MR) is 124 cm³/mol. The first-order valence-electron chi connectivity index (χ1n) is 10.5. The Balaban J connectivity index is 1.66. The van der Waals surface area contributed by atoms with Crippen LogP contribution in [0.15, 0.2) is 65.9 Å². The fourth-order valence-corrected chi connectivity index (χ4v) is 3.09. The van der Waals surface area contributed by atoms with Gasteiger partial charge < -0.3 is 20.1 Å². The maximum atomic E-state index is 5.89. The molecule has 0 radical (unpaired) electrons. The van der Waals surface area contributed by atoms with Gasteiger partial charge in [0, 0.05) is 38.2 Å².